The summed E-state index contributed by atoms with van der Waals surface area (Å²) in [5.41, 5.74) is 1.58. The highest BCUT2D eigenvalue weighted by Crippen LogP contribution is 2.35. The van der Waals surface area contributed by atoms with E-state index in [0.717, 1.165) is 11.3 Å². The molecule has 1 aliphatic heterocycles. The Balaban J connectivity index is 1.89. The molecule has 114 valence electrons. The number of aromatic carboxylic acids is 1. The number of carboxylic acid groups (broad SMARTS) is 1. The van der Waals surface area contributed by atoms with Gasteiger partial charge in [0.25, 0.3) is 0 Å². The number of carbonyl (C=O) groups is 1. The van der Waals surface area contributed by atoms with E-state index in [0.29, 0.717) is 17.3 Å². The molecule has 23 heavy (non-hydrogen) atoms. The van der Waals surface area contributed by atoms with Gasteiger partial charge in [-0.15, -0.1) is 0 Å². The van der Waals surface area contributed by atoms with E-state index in [1.165, 1.54) is 6.20 Å². The molecule has 6 nitrogen and oxygen atoms in total. The van der Waals surface area contributed by atoms with Crippen LogP contribution in [0.1, 0.15) is 10.5 Å². The molecule has 3 aromatic rings. The van der Waals surface area contributed by atoms with Gasteiger partial charge in [0.1, 0.15) is 5.82 Å². The summed E-state index contributed by atoms with van der Waals surface area (Å²) in [5.74, 6) is 0.796. The standard InChI is InChI=1S/C17H12N2O4/c20-17(21)13-9-19(16(18-13)11-4-2-1-3-5-11)12-6-7-14-15(8-12)23-10-22-14/h1-9H,10H2,(H,20,21). The Hall–Kier alpha value is -3.28. The summed E-state index contributed by atoms with van der Waals surface area (Å²) in [4.78, 5) is 15.5. The maximum absolute atomic E-state index is 11.3. The smallest absolute Gasteiger partial charge is 0.356 e. The number of hydrogen-bond donors (Lipinski definition) is 1. The Bertz CT molecular complexity index is 887. The first-order valence-corrected chi connectivity index (χ1v) is 7.00. The summed E-state index contributed by atoms with van der Waals surface area (Å²) in [6.07, 6.45) is 1.50. The third-order valence-electron chi connectivity index (χ3n) is 3.59. The lowest BCUT2D eigenvalue weighted by molar-refractivity contribution is 0.0691. The molecule has 1 aromatic heterocycles. The number of fused-ring (bicyclic) bond motifs is 1. The van der Waals surface area contributed by atoms with Gasteiger partial charge in [0.2, 0.25) is 6.79 Å². The van der Waals surface area contributed by atoms with Gasteiger partial charge in [0.15, 0.2) is 17.2 Å². The van der Waals surface area contributed by atoms with Gasteiger partial charge in [-0.3, -0.25) is 4.57 Å². The zero-order valence-corrected chi connectivity index (χ0v) is 12.0. The molecule has 1 aliphatic rings. The maximum atomic E-state index is 11.3. The molecule has 0 radical (unpaired) electrons. The Morgan fingerprint density at radius 2 is 1.87 bits per heavy atom. The first kappa shape index (κ1) is 13.4. The minimum Gasteiger partial charge on any atom is -0.476 e. The van der Waals surface area contributed by atoms with Crippen LogP contribution in [0.4, 0.5) is 0 Å². The van der Waals surface area contributed by atoms with Crippen molar-refractivity contribution in [3.8, 4) is 28.6 Å². The predicted molar refractivity (Wildman–Crippen MR) is 82.1 cm³/mol. The lowest BCUT2D eigenvalue weighted by Gasteiger charge is -2.08. The third kappa shape index (κ3) is 2.30. The van der Waals surface area contributed by atoms with Crippen LogP contribution in [0.25, 0.3) is 17.1 Å². The third-order valence-corrected chi connectivity index (χ3v) is 3.59. The molecule has 2 aromatic carbocycles. The van der Waals surface area contributed by atoms with Crippen LogP contribution >= 0.6 is 0 Å². The molecule has 0 fully saturated rings. The molecule has 0 bridgehead atoms. The first-order chi connectivity index (χ1) is 11.2. The van der Waals surface area contributed by atoms with Crippen molar-refractivity contribution in [3.05, 3.63) is 60.4 Å². The number of hydrogen-bond acceptors (Lipinski definition) is 4. The number of nitrogens with zero attached hydrogens (tertiary/aromatic N) is 2. The number of ether oxygens (including phenoxy) is 2. The second-order valence-corrected chi connectivity index (χ2v) is 5.03. The van der Waals surface area contributed by atoms with Crippen molar-refractivity contribution in [2.75, 3.05) is 6.79 Å². The molecule has 0 saturated carbocycles. The van der Waals surface area contributed by atoms with E-state index in [-0.39, 0.29) is 12.5 Å². The maximum Gasteiger partial charge on any atom is 0.356 e. The lowest BCUT2D eigenvalue weighted by atomic mass is 10.2. The zero-order chi connectivity index (χ0) is 15.8. The van der Waals surface area contributed by atoms with E-state index >= 15 is 0 Å². The first-order valence-electron chi connectivity index (χ1n) is 7.00. The van der Waals surface area contributed by atoms with Crippen molar-refractivity contribution < 1.29 is 19.4 Å². The molecule has 4 rings (SSSR count). The van der Waals surface area contributed by atoms with Crippen LogP contribution in [-0.2, 0) is 0 Å². The van der Waals surface area contributed by atoms with Crippen LogP contribution in [0.2, 0.25) is 0 Å². The average molecular weight is 308 g/mol. The van der Waals surface area contributed by atoms with Crippen molar-refractivity contribution in [1.29, 1.82) is 0 Å². The minimum absolute atomic E-state index is 0.0125. The van der Waals surface area contributed by atoms with E-state index in [4.69, 9.17) is 9.47 Å². The highest BCUT2D eigenvalue weighted by Gasteiger charge is 2.19. The Morgan fingerprint density at radius 1 is 1.09 bits per heavy atom. The quantitative estimate of drug-likeness (QED) is 0.805. The molecule has 0 saturated heterocycles. The van der Waals surface area contributed by atoms with E-state index in [2.05, 4.69) is 4.98 Å². The van der Waals surface area contributed by atoms with Gasteiger partial charge in [-0.1, -0.05) is 30.3 Å². The molecule has 2 heterocycles. The number of imidazole rings is 1. The van der Waals surface area contributed by atoms with Gasteiger partial charge in [-0.25, -0.2) is 9.78 Å². The number of carboxylic acids is 1. The van der Waals surface area contributed by atoms with Crippen molar-refractivity contribution in [2.45, 2.75) is 0 Å². The van der Waals surface area contributed by atoms with Crippen molar-refractivity contribution >= 4 is 5.97 Å². The summed E-state index contributed by atoms with van der Waals surface area (Å²) in [5, 5.41) is 9.25. The van der Waals surface area contributed by atoms with Crippen molar-refractivity contribution in [1.82, 2.24) is 9.55 Å². The summed E-state index contributed by atoms with van der Waals surface area (Å²) in [6, 6.07) is 14.9. The topological polar surface area (TPSA) is 73.6 Å². The second-order valence-electron chi connectivity index (χ2n) is 5.03. The molecular weight excluding hydrogens is 296 g/mol. The number of benzene rings is 2. The molecule has 1 N–H and O–H groups in total. The molecule has 0 spiro atoms. The Kier molecular flexibility index (Phi) is 3.01. The zero-order valence-electron chi connectivity index (χ0n) is 12.0. The number of aromatic nitrogens is 2. The fourth-order valence-electron chi connectivity index (χ4n) is 2.51. The molecule has 0 atom stereocenters. The normalized spacial score (nSPS) is 12.3. The summed E-state index contributed by atoms with van der Waals surface area (Å²) < 4.78 is 12.4. The SMILES string of the molecule is O=C(O)c1cn(-c2ccc3c(c2)OCO3)c(-c2ccccc2)n1. The highest BCUT2D eigenvalue weighted by atomic mass is 16.7. The van der Waals surface area contributed by atoms with E-state index < -0.39 is 5.97 Å². The van der Waals surface area contributed by atoms with Gasteiger partial charge in [0, 0.05) is 17.8 Å². The molecule has 0 aliphatic carbocycles. The van der Waals surface area contributed by atoms with Crippen LogP contribution in [0.15, 0.2) is 54.7 Å². The fraction of sp³-hybridized carbons (Fsp3) is 0.0588. The molecule has 0 unspecified atom stereocenters. The van der Waals surface area contributed by atoms with Gasteiger partial charge < -0.3 is 14.6 Å². The van der Waals surface area contributed by atoms with Crippen LogP contribution in [0.3, 0.4) is 0 Å². The molecule has 6 heteroatoms. The Morgan fingerprint density at radius 3 is 2.65 bits per heavy atom. The predicted octanol–water partition coefficient (Wildman–Crippen LogP) is 2.97. The van der Waals surface area contributed by atoms with E-state index in [1.54, 1.807) is 10.6 Å². The van der Waals surface area contributed by atoms with Crippen LogP contribution in [-0.4, -0.2) is 27.4 Å². The van der Waals surface area contributed by atoms with Crippen molar-refractivity contribution in [2.24, 2.45) is 0 Å². The molecule has 0 amide bonds. The summed E-state index contributed by atoms with van der Waals surface area (Å²) in [6.45, 7) is 0.189. The Labute approximate surface area is 131 Å². The average Bonchev–Trinajstić information content (AvgIpc) is 3.22. The van der Waals surface area contributed by atoms with Gasteiger partial charge in [-0.05, 0) is 12.1 Å². The lowest BCUT2D eigenvalue weighted by Crippen LogP contribution is -1.96. The van der Waals surface area contributed by atoms with Gasteiger partial charge in [0.05, 0.1) is 5.69 Å². The van der Waals surface area contributed by atoms with E-state index in [9.17, 15) is 9.90 Å². The minimum atomic E-state index is -1.07. The largest absolute Gasteiger partial charge is 0.476 e. The second kappa shape index (κ2) is 5.17. The summed E-state index contributed by atoms with van der Waals surface area (Å²) in [7, 11) is 0. The van der Waals surface area contributed by atoms with E-state index in [1.807, 2.05) is 42.5 Å². The monoisotopic (exact) mass is 308 g/mol. The number of rotatable bonds is 3. The molecular formula is C17H12N2O4. The van der Waals surface area contributed by atoms with Crippen LogP contribution in [0.5, 0.6) is 11.5 Å². The van der Waals surface area contributed by atoms with Crippen LogP contribution < -0.4 is 9.47 Å². The van der Waals surface area contributed by atoms with Crippen LogP contribution in [0, 0.1) is 0 Å². The van der Waals surface area contributed by atoms with Crippen molar-refractivity contribution in [3.63, 3.8) is 0 Å². The van der Waals surface area contributed by atoms with Gasteiger partial charge >= 0.3 is 5.97 Å². The summed E-state index contributed by atoms with van der Waals surface area (Å²) >= 11 is 0. The highest BCUT2D eigenvalue weighted by molar-refractivity contribution is 5.86. The fourth-order valence-corrected chi connectivity index (χ4v) is 2.51. The van der Waals surface area contributed by atoms with Gasteiger partial charge in [-0.2, -0.15) is 0 Å².